The summed E-state index contributed by atoms with van der Waals surface area (Å²) >= 11 is 0. The Balaban J connectivity index is 2.03. The minimum Gasteiger partial charge on any atom is -0.508 e. The molecule has 6 unspecified atom stereocenters. The van der Waals surface area contributed by atoms with Gasteiger partial charge in [-0.3, -0.25) is 24.1 Å². The van der Waals surface area contributed by atoms with Crippen LogP contribution in [0.3, 0.4) is 0 Å². The van der Waals surface area contributed by atoms with Crippen LogP contribution >= 0.6 is 0 Å². The van der Waals surface area contributed by atoms with Gasteiger partial charge in [-0.15, -0.1) is 0 Å². The third-order valence-corrected chi connectivity index (χ3v) is 8.22. The Hall–Kier alpha value is -3.70. The number of benzene rings is 1. The number of primary amides is 1. The van der Waals surface area contributed by atoms with Gasteiger partial charge in [-0.2, -0.15) is 0 Å². The van der Waals surface area contributed by atoms with Crippen LogP contribution in [0.2, 0.25) is 0 Å². The number of amides is 1. The minimum atomic E-state index is -2.94. The first kappa shape index (κ1) is 28.3. The Bertz CT molecular complexity index is 1310. The first-order valence-corrected chi connectivity index (χ1v) is 13.0. The number of ether oxygens (including phenoxy) is 1. The van der Waals surface area contributed by atoms with Gasteiger partial charge in [0.25, 0.3) is 5.91 Å². The summed E-state index contributed by atoms with van der Waals surface area (Å²) in [6.07, 6.45) is 0.766. The summed E-state index contributed by atoms with van der Waals surface area (Å²) < 4.78 is 5.94. The maximum atomic E-state index is 14.1. The average molecular weight is 543 g/mol. The number of Topliss-reactive ketones (excluding diaryl/α,β-unsaturated/α-hetero) is 2. The number of nitrogens with two attached hydrogens (primary N) is 1. The number of phenols is 1. The van der Waals surface area contributed by atoms with E-state index in [1.54, 1.807) is 19.1 Å². The van der Waals surface area contributed by atoms with Gasteiger partial charge < -0.3 is 30.9 Å². The zero-order valence-corrected chi connectivity index (χ0v) is 22.3. The van der Waals surface area contributed by atoms with Gasteiger partial charge in [0.15, 0.2) is 11.4 Å². The first-order valence-electron chi connectivity index (χ1n) is 13.0. The van der Waals surface area contributed by atoms with Crippen LogP contribution in [0.4, 0.5) is 0 Å². The highest BCUT2D eigenvalue weighted by Crippen LogP contribution is 2.56. The van der Waals surface area contributed by atoms with Crippen LogP contribution in [0, 0.1) is 11.8 Å². The fourth-order valence-electron chi connectivity index (χ4n) is 6.42. The zero-order valence-electron chi connectivity index (χ0n) is 22.3. The first-order chi connectivity index (χ1) is 18.3. The number of hydrogen-bond acceptors (Lipinski definition) is 10. The van der Waals surface area contributed by atoms with Crippen LogP contribution in [-0.2, 0) is 23.9 Å². The number of hydrogen-bond donors (Lipinski definition) is 5. The number of likely N-dealkylation sites (N-methyl/N-ethyl adjacent to an activating group) is 1. The Morgan fingerprint density at radius 3 is 2.38 bits per heavy atom. The molecule has 1 amide bonds. The minimum absolute atomic E-state index is 0.0296. The van der Waals surface area contributed by atoms with Crippen LogP contribution in [0.5, 0.6) is 5.75 Å². The molecule has 1 aromatic carbocycles. The zero-order chi connectivity index (χ0) is 29.0. The normalized spacial score (nSPS) is 30.2. The summed E-state index contributed by atoms with van der Waals surface area (Å²) in [5.74, 6) is -9.57. The van der Waals surface area contributed by atoms with E-state index in [9.17, 15) is 39.6 Å². The van der Waals surface area contributed by atoms with Crippen molar-refractivity contribution in [1.29, 1.82) is 0 Å². The number of esters is 1. The number of unbranched alkanes of at least 4 members (excludes halogenated alkanes) is 2. The number of rotatable bonds is 7. The van der Waals surface area contributed by atoms with E-state index in [0.29, 0.717) is 12.0 Å². The molecule has 4 rings (SSSR count). The van der Waals surface area contributed by atoms with E-state index in [1.807, 2.05) is 6.92 Å². The summed E-state index contributed by atoms with van der Waals surface area (Å²) in [6, 6.07) is 3.14. The van der Waals surface area contributed by atoms with Crippen LogP contribution in [0.1, 0.15) is 56.6 Å². The lowest BCUT2D eigenvalue weighted by Gasteiger charge is -2.54. The molecule has 11 heteroatoms. The number of aromatic hydroxyl groups is 1. The Labute approximate surface area is 225 Å². The molecule has 0 aliphatic heterocycles. The standard InChI is InChI=1S/C28H34N2O9/c1-5-6-7-11-15(32)39-24-16-12(2)13-9-8-10-14(31)17(13)22(33)18(16)25(35)28(38)20(24)21(30(3)4)23(34)19(26(28)36)27(29)37/h8-10,12,16,20-21,24,31,33,36,38H,5-7,11H2,1-4H3,(H2,29,37). The van der Waals surface area contributed by atoms with Crippen molar-refractivity contribution in [2.45, 2.75) is 63.2 Å². The molecule has 210 valence electrons. The molecular formula is C28H34N2O9. The van der Waals surface area contributed by atoms with Crippen molar-refractivity contribution >= 4 is 29.2 Å². The fraction of sp³-hybridized carbons (Fsp3) is 0.500. The van der Waals surface area contributed by atoms with Crippen molar-refractivity contribution < 1.29 is 44.3 Å². The van der Waals surface area contributed by atoms with Crippen LogP contribution in [0.25, 0.3) is 5.76 Å². The smallest absolute Gasteiger partial charge is 0.306 e. The Morgan fingerprint density at radius 1 is 1.13 bits per heavy atom. The van der Waals surface area contributed by atoms with E-state index in [0.717, 1.165) is 12.8 Å². The van der Waals surface area contributed by atoms with E-state index in [1.165, 1.54) is 25.1 Å². The van der Waals surface area contributed by atoms with Gasteiger partial charge in [-0.05, 0) is 38.1 Å². The van der Waals surface area contributed by atoms with Gasteiger partial charge >= 0.3 is 5.97 Å². The van der Waals surface area contributed by atoms with Crippen molar-refractivity contribution in [2.24, 2.45) is 17.6 Å². The number of aliphatic hydroxyl groups is 3. The Morgan fingerprint density at radius 2 is 1.79 bits per heavy atom. The number of carbonyl (C=O) groups is 4. The fourth-order valence-corrected chi connectivity index (χ4v) is 6.42. The van der Waals surface area contributed by atoms with Crippen molar-refractivity contribution in [3.63, 3.8) is 0 Å². The van der Waals surface area contributed by atoms with Gasteiger partial charge in [0, 0.05) is 17.9 Å². The molecule has 0 heterocycles. The molecule has 0 bridgehead atoms. The second-order valence-corrected chi connectivity index (χ2v) is 10.7. The van der Waals surface area contributed by atoms with Crippen LogP contribution < -0.4 is 5.73 Å². The molecule has 0 spiro atoms. The third kappa shape index (κ3) is 4.11. The highest BCUT2D eigenvalue weighted by atomic mass is 16.5. The van der Waals surface area contributed by atoms with Gasteiger partial charge in [0.1, 0.15) is 28.9 Å². The monoisotopic (exact) mass is 542 g/mol. The molecule has 0 aromatic heterocycles. The topological polar surface area (TPSA) is 188 Å². The molecule has 1 fully saturated rings. The molecule has 1 aromatic rings. The highest BCUT2D eigenvalue weighted by Gasteiger charge is 2.69. The summed E-state index contributed by atoms with van der Waals surface area (Å²) in [4.78, 5) is 54.3. The molecule has 6 N–H and O–H groups in total. The molecule has 11 nitrogen and oxygen atoms in total. The maximum Gasteiger partial charge on any atom is 0.306 e. The largest absolute Gasteiger partial charge is 0.508 e. The second kappa shape index (κ2) is 10.1. The number of fused-ring (bicyclic) bond motifs is 3. The number of nitrogens with zero attached hydrogens (tertiary/aromatic N) is 1. The van der Waals surface area contributed by atoms with Gasteiger partial charge in [0.05, 0.1) is 17.5 Å². The quantitative estimate of drug-likeness (QED) is 0.192. The van der Waals surface area contributed by atoms with Crippen LogP contribution in [-0.4, -0.2) is 80.6 Å². The van der Waals surface area contributed by atoms with Gasteiger partial charge in [-0.1, -0.05) is 38.8 Å². The molecule has 39 heavy (non-hydrogen) atoms. The number of aliphatic hydroxyl groups excluding tert-OH is 2. The molecule has 1 saturated carbocycles. The van der Waals surface area contributed by atoms with Crippen molar-refractivity contribution in [3.8, 4) is 5.75 Å². The van der Waals surface area contributed by atoms with Crippen LogP contribution in [0.15, 0.2) is 35.1 Å². The molecule has 0 saturated heterocycles. The second-order valence-electron chi connectivity index (χ2n) is 10.7. The van der Waals surface area contributed by atoms with Crippen molar-refractivity contribution in [1.82, 2.24) is 4.90 Å². The predicted molar refractivity (Wildman–Crippen MR) is 138 cm³/mol. The lowest BCUT2D eigenvalue weighted by atomic mass is 9.54. The molecule has 3 aliphatic rings. The molecule has 6 atom stereocenters. The number of phenolic OH excluding ortho intramolecular Hbond substituents is 1. The summed E-state index contributed by atoms with van der Waals surface area (Å²) in [7, 11) is 2.96. The van der Waals surface area contributed by atoms with Gasteiger partial charge in [-0.25, -0.2) is 0 Å². The lowest BCUT2D eigenvalue weighted by molar-refractivity contribution is -0.185. The highest BCUT2D eigenvalue weighted by molar-refractivity contribution is 6.24. The predicted octanol–water partition coefficient (Wildman–Crippen LogP) is 1.63. The lowest BCUT2D eigenvalue weighted by Crippen LogP contribution is -2.71. The van der Waals surface area contributed by atoms with E-state index in [4.69, 9.17) is 10.5 Å². The van der Waals surface area contributed by atoms with E-state index in [-0.39, 0.29) is 23.3 Å². The third-order valence-electron chi connectivity index (χ3n) is 8.22. The van der Waals surface area contributed by atoms with E-state index in [2.05, 4.69) is 0 Å². The molecular weight excluding hydrogens is 508 g/mol. The van der Waals surface area contributed by atoms with Crippen molar-refractivity contribution in [3.05, 3.63) is 46.2 Å². The summed E-state index contributed by atoms with van der Waals surface area (Å²) in [5, 5.41) is 45.0. The summed E-state index contributed by atoms with van der Waals surface area (Å²) in [6.45, 7) is 3.68. The van der Waals surface area contributed by atoms with Gasteiger partial charge in [0.2, 0.25) is 5.78 Å². The number of ketones is 2. The SMILES string of the molecule is CCCCCC(=O)OC1C2C(=C(O)c3c(O)cccc3C2C)C(=O)C2(O)C(O)=C(C(N)=O)C(=O)C(N(C)C)C12. The maximum absolute atomic E-state index is 14.1. The summed E-state index contributed by atoms with van der Waals surface area (Å²) in [5.41, 5.74) is 1.55. The van der Waals surface area contributed by atoms with E-state index >= 15 is 0 Å². The average Bonchev–Trinajstić information content (AvgIpc) is 2.85. The Kier molecular flexibility index (Phi) is 7.35. The van der Waals surface area contributed by atoms with Crippen molar-refractivity contribution in [2.75, 3.05) is 14.1 Å². The molecule has 0 radical (unpaired) electrons. The number of carbonyl (C=O) groups excluding carboxylic acids is 4. The van der Waals surface area contributed by atoms with E-state index < -0.39 is 76.0 Å². The molecule has 3 aliphatic carbocycles.